The lowest BCUT2D eigenvalue weighted by molar-refractivity contribution is 0.274. The Morgan fingerprint density at radius 1 is 1.39 bits per heavy atom. The predicted octanol–water partition coefficient (Wildman–Crippen LogP) is 2.94. The molecule has 3 nitrogen and oxygen atoms in total. The summed E-state index contributed by atoms with van der Waals surface area (Å²) in [5.74, 6) is 2.08. The molecule has 1 aliphatic heterocycles. The van der Waals surface area contributed by atoms with Crippen molar-refractivity contribution in [3.63, 3.8) is 0 Å². The molecule has 2 heterocycles. The molecule has 0 aliphatic carbocycles. The van der Waals surface area contributed by atoms with Crippen LogP contribution in [0.1, 0.15) is 43.6 Å². The van der Waals surface area contributed by atoms with Gasteiger partial charge in [-0.25, -0.2) is 0 Å². The summed E-state index contributed by atoms with van der Waals surface area (Å²) in [6.07, 6.45) is 6.70. The molecule has 1 aliphatic rings. The zero-order chi connectivity index (χ0) is 12.8. The zero-order valence-corrected chi connectivity index (χ0v) is 11.7. The van der Waals surface area contributed by atoms with Gasteiger partial charge in [-0.05, 0) is 64.9 Å². The van der Waals surface area contributed by atoms with Gasteiger partial charge >= 0.3 is 0 Å². The van der Waals surface area contributed by atoms with Gasteiger partial charge < -0.3 is 9.73 Å². The lowest BCUT2D eigenvalue weighted by Crippen LogP contribution is -2.34. The van der Waals surface area contributed by atoms with E-state index in [-0.39, 0.29) is 0 Å². The van der Waals surface area contributed by atoms with Gasteiger partial charge in [-0.15, -0.1) is 0 Å². The van der Waals surface area contributed by atoms with Crippen molar-refractivity contribution in [3.8, 4) is 0 Å². The maximum absolute atomic E-state index is 5.60. The van der Waals surface area contributed by atoms with Crippen LogP contribution in [0.3, 0.4) is 0 Å². The van der Waals surface area contributed by atoms with Crippen LogP contribution in [0.25, 0.3) is 0 Å². The van der Waals surface area contributed by atoms with E-state index in [0.29, 0.717) is 0 Å². The van der Waals surface area contributed by atoms with Crippen LogP contribution < -0.4 is 5.32 Å². The van der Waals surface area contributed by atoms with Gasteiger partial charge in [0.1, 0.15) is 11.5 Å². The smallest absolute Gasteiger partial charge is 0.118 e. The van der Waals surface area contributed by atoms with Crippen LogP contribution >= 0.6 is 0 Å². The second-order valence-electron chi connectivity index (χ2n) is 5.54. The molecule has 3 heteroatoms. The van der Waals surface area contributed by atoms with Gasteiger partial charge in [0.15, 0.2) is 0 Å². The van der Waals surface area contributed by atoms with Crippen LogP contribution in [-0.4, -0.2) is 31.1 Å². The molecule has 1 fully saturated rings. The summed E-state index contributed by atoms with van der Waals surface area (Å²) in [4.78, 5) is 2.35. The van der Waals surface area contributed by atoms with Crippen molar-refractivity contribution in [2.75, 3.05) is 20.1 Å². The number of nitrogens with one attached hydrogen (secondary N) is 1. The Hall–Kier alpha value is -0.800. The van der Waals surface area contributed by atoms with Crippen molar-refractivity contribution in [2.24, 2.45) is 0 Å². The van der Waals surface area contributed by atoms with E-state index in [1.807, 2.05) is 13.0 Å². The third kappa shape index (κ3) is 4.46. The number of aryl methyl sites for hydroxylation is 1. The number of furan rings is 1. The normalized spacial score (nSPS) is 20.5. The summed E-state index contributed by atoms with van der Waals surface area (Å²) >= 11 is 0. The fourth-order valence-electron chi connectivity index (χ4n) is 2.69. The highest BCUT2D eigenvalue weighted by Gasteiger charge is 2.12. The first-order valence-corrected chi connectivity index (χ1v) is 7.21. The molecule has 0 radical (unpaired) electrons. The zero-order valence-electron chi connectivity index (χ0n) is 11.7. The van der Waals surface area contributed by atoms with Crippen LogP contribution in [0.2, 0.25) is 0 Å². The molecule has 1 N–H and O–H groups in total. The highest BCUT2D eigenvalue weighted by atomic mass is 16.3. The van der Waals surface area contributed by atoms with E-state index in [1.54, 1.807) is 0 Å². The van der Waals surface area contributed by atoms with E-state index in [1.165, 1.54) is 38.6 Å². The Labute approximate surface area is 111 Å². The third-order valence-electron chi connectivity index (χ3n) is 3.73. The SMILES string of the molecule is Cc1ccc(CN(C)CCCC2CCCCN2)o1. The standard InChI is InChI=1S/C15H26N2O/c1-13-8-9-15(18-13)12-17(2)11-5-7-14-6-3-4-10-16-14/h8-9,14,16H,3-7,10-12H2,1-2H3. The lowest BCUT2D eigenvalue weighted by Gasteiger charge is -2.24. The minimum absolute atomic E-state index is 0.762. The Bertz CT molecular complexity index is 342. The highest BCUT2D eigenvalue weighted by Crippen LogP contribution is 2.13. The van der Waals surface area contributed by atoms with E-state index in [4.69, 9.17) is 4.42 Å². The summed E-state index contributed by atoms with van der Waals surface area (Å²) < 4.78 is 5.60. The maximum atomic E-state index is 5.60. The third-order valence-corrected chi connectivity index (χ3v) is 3.73. The topological polar surface area (TPSA) is 28.4 Å². The van der Waals surface area contributed by atoms with Gasteiger partial charge in [0.25, 0.3) is 0 Å². The molecule has 2 rings (SSSR count). The fraction of sp³-hybridized carbons (Fsp3) is 0.733. The van der Waals surface area contributed by atoms with Crippen LogP contribution in [-0.2, 0) is 6.54 Å². The number of hydrogen-bond donors (Lipinski definition) is 1. The highest BCUT2D eigenvalue weighted by molar-refractivity contribution is 5.05. The van der Waals surface area contributed by atoms with Crippen molar-refractivity contribution in [3.05, 3.63) is 23.7 Å². The van der Waals surface area contributed by atoms with Crippen molar-refractivity contribution < 1.29 is 4.42 Å². The van der Waals surface area contributed by atoms with Crippen LogP contribution in [0.5, 0.6) is 0 Å². The molecule has 102 valence electrons. The molecule has 1 unspecified atom stereocenters. The molecule has 1 atom stereocenters. The van der Waals surface area contributed by atoms with E-state index in [9.17, 15) is 0 Å². The van der Waals surface area contributed by atoms with E-state index >= 15 is 0 Å². The Balaban J connectivity index is 1.60. The van der Waals surface area contributed by atoms with E-state index < -0.39 is 0 Å². The number of nitrogens with zero attached hydrogens (tertiary/aromatic N) is 1. The van der Waals surface area contributed by atoms with Gasteiger partial charge in [-0.1, -0.05) is 6.42 Å². The average Bonchev–Trinajstić information content (AvgIpc) is 2.76. The lowest BCUT2D eigenvalue weighted by atomic mass is 10.0. The molecule has 1 aromatic heterocycles. The minimum Gasteiger partial charge on any atom is -0.465 e. The molecule has 0 spiro atoms. The quantitative estimate of drug-likeness (QED) is 0.841. The molecule has 0 bridgehead atoms. The van der Waals surface area contributed by atoms with Crippen molar-refractivity contribution in [1.82, 2.24) is 10.2 Å². The minimum atomic E-state index is 0.762. The van der Waals surface area contributed by atoms with Crippen LogP contribution in [0.4, 0.5) is 0 Å². The average molecular weight is 250 g/mol. The molecule has 0 aromatic carbocycles. The predicted molar refractivity (Wildman–Crippen MR) is 74.7 cm³/mol. The second kappa shape index (κ2) is 6.95. The van der Waals surface area contributed by atoms with Crippen LogP contribution in [0, 0.1) is 6.92 Å². The van der Waals surface area contributed by atoms with Gasteiger partial charge in [-0.3, -0.25) is 4.90 Å². The monoisotopic (exact) mass is 250 g/mol. The number of rotatable bonds is 6. The Morgan fingerprint density at radius 3 is 2.94 bits per heavy atom. The largest absolute Gasteiger partial charge is 0.465 e. The molecular formula is C15H26N2O. The first kappa shape index (κ1) is 13.6. The summed E-state index contributed by atoms with van der Waals surface area (Å²) in [5, 5.41) is 3.61. The fourth-order valence-corrected chi connectivity index (χ4v) is 2.69. The molecular weight excluding hydrogens is 224 g/mol. The van der Waals surface area contributed by atoms with Gasteiger partial charge in [0.05, 0.1) is 6.54 Å². The first-order valence-electron chi connectivity index (χ1n) is 7.21. The van der Waals surface area contributed by atoms with Crippen molar-refractivity contribution in [2.45, 2.75) is 51.6 Å². The maximum Gasteiger partial charge on any atom is 0.118 e. The summed E-state index contributed by atoms with van der Waals surface area (Å²) in [6.45, 7) is 5.29. The summed E-state index contributed by atoms with van der Waals surface area (Å²) in [7, 11) is 2.17. The number of piperidine rings is 1. The second-order valence-corrected chi connectivity index (χ2v) is 5.54. The summed E-state index contributed by atoms with van der Waals surface area (Å²) in [6, 6.07) is 4.88. The summed E-state index contributed by atoms with van der Waals surface area (Å²) in [5.41, 5.74) is 0. The van der Waals surface area contributed by atoms with Crippen molar-refractivity contribution in [1.29, 1.82) is 0 Å². The molecule has 1 aromatic rings. The van der Waals surface area contributed by atoms with E-state index in [2.05, 4.69) is 23.3 Å². The van der Waals surface area contributed by atoms with Crippen molar-refractivity contribution >= 4 is 0 Å². The van der Waals surface area contributed by atoms with Gasteiger partial charge in [0.2, 0.25) is 0 Å². The Kier molecular flexibility index (Phi) is 5.26. The number of hydrogen-bond acceptors (Lipinski definition) is 3. The Morgan fingerprint density at radius 2 is 2.28 bits per heavy atom. The van der Waals surface area contributed by atoms with Gasteiger partial charge in [-0.2, -0.15) is 0 Å². The van der Waals surface area contributed by atoms with Crippen LogP contribution in [0.15, 0.2) is 16.5 Å². The molecule has 18 heavy (non-hydrogen) atoms. The molecule has 1 saturated heterocycles. The van der Waals surface area contributed by atoms with Gasteiger partial charge in [0, 0.05) is 6.04 Å². The first-order chi connectivity index (χ1) is 8.74. The molecule has 0 amide bonds. The van der Waals surface area contributed by atoms with E-state index in [0.717, 1.165) is 30.7 Å². The molecule has 0 saturated carbocycles.